The summed E-state index contributed by atoms with van der Waals surface area (Å²) in [5, 5.41) is 3.44. The van der Waals surface area contributed by atoms with Crippen LogP contribution in [0.2, 0.25) is 0 Å². The molecule has 0 radical (unpaired) electrons. The van der Waals surface area contributed by atoms with Crippen LogP contribution in [-0.2, 0) is 11.3 Å². The molecule has 1 aliphatic rings. The summed E-state index contributed by atoms with van der Waals surface area (Å²) in [5.41, 5.74) is 6.86. The highest BCUT2D eigenvalue weighted by atomic mass is 16.5. The minimum absolute atomic E-state index is 0.0447. The smallest absolute Gasteiger partial charge is 0.159 e. The van der Waals surface area contributed by atoms with E-state index in [2.05, 4.69) is 76.2 Å². The van der Waals surface area contributed by atoms with E-state index in [-0.39, 0.29) is 5.78 Å². The molecule has 46 heavy (non-hydrogen) atoms. The molecule has 0 amide bonds. The summed E-state index contributed by atoms with van der Waals surface area (Å²) in [6.45, 7) is 28.9. The fraction of sp³-hybridized carbons (Fsp3) is 0.512. The van der Waals surface area contributed by atoms with Crippen LogP contribution >= 0.6 is 0 Å². The lowest BCUT2D eigenvalue weighted by Gasteiger charge is -2.18. The minimum atomic E-state index is 0.0447. The molecular formula is C43H71NO2. The van der Waals surface area contributed by atoms with Gasteiger partial charge in [-0.2, -0.15) is 0 Å². The van der Waals surface area contributed by atoms with Gasteiger partial charge in [0, 0.05) is 24.2 Å². The number of methoxy groups -OCH3 is 1. The first kappa shape index (κ1) is 47.1. The molecule has 2 rings (SSSR count). The fourth-order valence-corrected chi connectivity index (χ4v) is 4.24. The molecule has 260 valence electrons. The van der Waals surface area contributed by atoms with Crippen LogP contribution in [0.5, 0.6) is 5.75 Å². The maximum absolute atomic E-state index is 11.2. The topological polar surface area (TPSA) is 38.3 Å². The Hall–Kier alpha value is -3.33. The van der Waals surface area contributed by atoms with E-state index >= 15 is 0 Å². The van der Waals surface area contributed by atoms with E-state index in [4.69, 9.17) is 4.74 Å². The van der Waals surface area contributed by atoms with Crippen molar-refractivity contribution in [3.05, 3.63) is 113 Å². The molecule has 0 aromatic heterocycles. The number of rotatable bonds is 14. The number of carbonyl (C=O) groups excluding carboxylic acids is 1. The lowest BCUT2D eigenvalue weighted by molar-refractivity contribution is -0.113. The normalized spacial score (nSPS) is 14.1. The van der Waals surface area contributed by atoms with Gasteiger partial charge in [-0.3, -0.25) is 4.79 Å². The van der Waals surface area contributed by atoms with Crippen molar-refractivity contribution in [2.75, 3.05) is 7.11 Å². The summed E-state index contributed by atoms with van der Waals surface area (Å²) < 4.78 is 5.17. The first-order chi connectivity index (χ1) is 22.2. The zero-order chi connectivity index (χ0) is 35.8. The molecule has 0 spiro atoms. The third-order valence-corrected chi connectivity index (χ3v) is 6.82. The Morgan fingerprint density at radius 1 is 0.935 bits per heavy atom. The molecule has 0 heterocycles. The van der Waals surface area contributed by atoms with Gasteiger partial charge >= 0.3 is 0 Å². The van der Waals surface area contributed by atoms with Gasteiger partial charge in [-0.25, -0.2) is 0 Å². The molecule has 0 saturated carbocycles. The third kappa shape index (κ3) is 24.0. The summed E-state index contributed by atoms with van der Waals surface area (Å²) in [4.78, 5) is 11.2. The lowest BCUT2D eigenvalue weighted by atomic mass is 9.89. The number of carbonyl (C=O) groups is 1. The van der Waals surface area contributed by atoms with E-state index in [1.165, 1.54) is 67.2 Å². The zero-order valence-electron chi connectivity index (χ0n) is 32.2. The maximum Gasteiger partial charge on any atom is 0.159 e. The van der Waals surface area contributed by atoms with Crippen molar-refractivity contribution >= 4 is 5.78 Å². The van der Waals surface area contributed by atoms with Crippen LogP contribution in [0, 0.1) is 5.92 Å². The van der Waals surface area contributed by atoms with Gasteiger partial charge in [0.05, 0.1) is 7.11 Å². The average Bonchev–Trinajstić information content (AvgIpc) is 3.07. The second-order valence-corrected chi connectivity index (χ2v) is 10.9. The molecule has 0 aliphatic heterocycles. The Balaban J connectivity index is -0.000000639. The molecule has 0 saturated heterocycles. The second kappa shape index (κ2) is 33.0. The number of unbranched alkanes of at least 4 members (excludes halogenated alkanes) is 4. The standard InChI is InChI=1S/C19H25NO.C13H18O.C7H16.2C2H6/c1-4-5-17-9-6-15(2)12-18(17)14-20-13-16-7-10-19(21-3)11-8-16;1-6-8-13(10(3)4)9-12(7-2)11(5)14;1-3-5-7-6-4-2;2*1-2/h6-12,14,17,20H,4-5,13H2,1-3H3;6-9H,2H2,1,3-5H3;3-7H2,1-2H3;2*1-2H3/b18-14-;8-6-,12-9+;;;. The van der Waals surface area contributed by atoms with Crippen molar-refractivity contribution in [1.82, 2.24) is 5.32 Å². The Morgan fingerprint density at radius 3 is 1.96 bits per heavy atom. The van der Waals surface area contributed by atoms with E-state index < -0.39 is 0 Å². The third-order valence-electron chi connectivity index (χ3n) is 6.82. The molecule has 0 fully saturated rings. The van der Waals surface area contributed by atoms with Crippen molar-refractivity contribution < 1.29 is 9.53 Å². The molecular weight excluding hydrogens is 562 g/mol. The predicted molar refractivity (Wildman–Crippen MR) is 208 cm³/mol. The van der Waals surface area contributed by atoms with E-state index in [9.17, 15) is 4.79 Å². The molecule has 1 aromatic rings. The van der Waals surface area contributed by atoms with Gasteiger partial charge in [0.1, 0.15) is 5.75 Å². The van der Waals surface area contributed by atoms with Gasteiger partial charge in [-0.15, -0.1) is 0 Å². The molecule has 1 N–H and O–H groups in total. The quantitative estimate of drug-likeness (QED) is 0.126. The lowest BCUT2D eigenvalue weighted by Crippen LogP contribution is -2.10. The Morgan fingerprint density at radius 2 is 1.52 bits per heavy atom. The van der Waals surface area contributed by atoms with Crippen molar-refractivity contribution in [1.29, 1.82) is 0 Å². The van der Waals surface area contributed by atoms with E-state index in [0.717, 1.165) is 17.9 Å². The monoisotopic (exact) mass is 634 g/mol. The summed E-state index contributed by atoms with van der Waals surface area (Å²) >= 11 is 0. The predicted octanol–water partition coefficient (Wildman–Crippen LogP) is 13.2. The highest BCUT2D eigenvalue weighted by Crippen LogP contribution is 2.25. The van der Waals surface area contributed by atoms with Crippen molar-refractivity contribution in [2.24, 2.45) is 5.92 Å². The van der Waals surface area contributed by atoms with Gasteiger partial charge in [-0.05, 0) is 76.0 Å². The van der Waals surface area contributed by atoms with E-state index in [1.807, 2.05) is 78.8 Å². The Bertz CT molecular complexity index is 1090. The van der Waals surface area contributed by atoms with E-state index in [0.29, 0.717) is 11.5 Å². The number of nitrogens with one attached hydrogen (secondary N) is 1. The highest BCUT2D eigenvalue weighted by molar-refractivity contribution is 5.96. The molecule has 1 unspecified atom stereocenters. The van der Waals surface area contributed by atoms with Crippen molar-refractivity contribution in [2.45, 2.75) is 135 Å². The molecule has 0 bridgehead atoms. The zero-order valence-corrected chi connectivity index (χ0v) is 32.2. The Kier molecular flexibility index (Phi) is 33.8. The summed E-state index contributed by atoms with van der Waals surface area (Å²) in [7, 11) is 1.69. The molecule has 3 nitrogen and oxygen atoms in total. The van der Waals surface area contributed by atoms with Crippen LogP contribution in [0.1, 0.15) is 134 Å². The fourth-order valence-electron chi connectivity index (χ4n) is 4.24. The van der Waals surface area contributed by atoms with Crippen LogP contribution in [0.3, 0.4) is 0 Å². The number of Topliss-reactive ketones (excluding diaryl/α,β-unsaturated/α-hetero) is 1. The molecule has 1 atom stereocenters. The van der Waals surface area contributed by atoms with Crippen LogP contribution in [0.4, 0.5) is 0 Å². The van der Waals surface area contributed by atoms with Gasteiger partial charge in [0.2, 0.25) is 0 Å². The largest absolute Gasteiger partial charge is 0.497 e. The van der Waals surface area contributed by atoms with Gasteiger partial charge < -0.3 is 10.1 Å². The molecule has 1 aromatic carbocycles. The second-order valence-electron chi connectivity index (χ2n) is 10.9. The van der Waals surface area contributed by atoms with Gasteiger partial charge in [0.15, 0.2) is 5.78 Å². The average molecular weight is 634 g/mol. The van der Waals surface area contributed by atoms with Crippen molar-refractivity contribution in [3.63, 3.8) is 0 Å². The summed E-state index contributed by atoms with van der Waals surface area (Å²) in [5.74, 6) is 1.49. The molecule has 1 aliphatic carbocycles. The molecule has 3 heteroatoms. The first-order valence-corrected chi connectivity index (χ1v) is 17.7. The first-order valence-electron chi connectivity index (χ1n) is 17.7. The number of ketones is 1. The highest BCUT2D eigenvalue weighted by Gasteiger charge is 2.11. The number of hydrogen-bond donors (Lipinski definition) is 1. The minimum Gasteiger partial charge on any atom is -0.497 e. The van der Waals surface area contributed by atoms with Gasteiger partial charge in [-0.1, -0.05) is 153 Å². The van der Waals surface area contributed by atoms with Crippen molar-refractivity contribution in [3.8, 4) is 5.75 Å². The number of ether oxygens (including phenoxy) is 1. The number of allylic oxidation sites excluding steroid dienone is 12. The van der Waals surface area contributed by atoms with Crippen LogP contribution in [0.25, 0.3) is 0 Å². The SMILES string of the molecule is C=C/C(=C\C(/C=C\C)=C(C)C)C(C)=O.CC.CC.CCCC1C=CC(C)=C/C1=C/NCc1ccc(OC)cc1.CCCCCCC. The Labute approximate surface area is 286 Å². The van der Waals surface area contributed by atoms with Crippen LogP contribution in [0.15, 0.2) is 107 Å². The van der Waals surface area contributed by atoms with Gasteiger partial charge in [0.25, 0.3) is 0 Å². The number of benzene rings is 1. The summed E-state index contributed by atoms with van der Waals surface area (Å²) in [6, 6.07) is 8.18. The number of hydrogen-bond acceptors (Lipinski definition) is 3. The van der Waals surface area contributed by atoms with Crippen LogP contribution in [-0.4, -0.2) is 12.9 Å². The van der Waals surface area contributed by atoms with E-state index in [1.54, 1.807) is 20.1 Å². The summed E-state index contributed by atoms with van der Waals surface area (Å²) in [6.07, 6.45) is 25.8. The van der Waals surface area contributed by atoms with Crippen LogP contribution < -0.4 is 10.1 Å². The maximum atomic E-state index is 11.2.